The predicted molar refractivity (Wildman–Crippen MR) is 123 cm³/mol. The van der Waals surface area contributed by atoms with Crippen LogP contribution in [0.4, 0.5) is 26.3 Å². The molecule has 0 bridgehead atoms. The summed E-state index contributed by atoms with van der Waals surface area (Å²) in [5.74, 6) is 0. The third-order valence-electron chi connectivity index (χ3n) is 6.11. The van der Waals surface area contributed by atoms with Crippen LogP contribution >= 0.6 is 0 Å². The molecule has 1 aliphatic heterocycles. The summed E-state index contributed by atoms with van der Waals surface area (Å²) in [4.78, 5) is 0.0393. The summed E-state index contributed by atoms with van der Waals surface area (Å²) < 4.78 is 112. The van der Waals surface area contributed by atoms with E-state index in [0.717, 1.165) is 12.1 Å². The number of hydrogen-bond acceptors (Lipinski definition) is 4. The molecular weight excluding hydrogens is 524 g/mol. The van der Waals surface area contributed by atoms with Crippen LogP contribution in [-0.2, 0) is 20.4 Å². The lowest BCUT2D eigenvalue weighted by atomic mass is 9.89. The topological polar surface area (TPSA) is 66.8 Å². The largest absolute Gasteiger partial charge is 0.430 e. The van der Waals surface area contributed by atoms with Crippen LogP contribution < -0.4 is 0 Å². The van der Waals surface area contributed by atoms with Crippen LogP contribution in [0.5, 0.6) is 0 Å². The molecule has 1 saturated heterocycles. The molecule has 0 saturated carbocycles. The van der Waals surface area contributed by atoms with Crippen LogP contribution in [0.3, 0.4) is 0 Å². The number of ether oxygens (including phenoxy) is 1. The number of morpholine rings is 1. The Kier molecular flexibility index (Phi) is 7.14. The third kappa shape index (κ3) is 4.98. The molecule has 1 fully saturated rings. The van der Waals surface area contributed by atoms with E-state index in [2.05, 4.69) is 0 Å². The van der Waals surface area contributed by atoms with Gasteiger partial charge in [0.25, 0.3) is 5.60 Å². The van der Waals surface area contributed by atoms with Gasteiger partial charge >= 0.3 is 12.4 Å². The molecule has 0 radical (unpaired) electrons. The van der Waals surface area contributed by atoms with Gasteiger partial charge in [-0.05, 0) is 34.4 Å². The molecule has 0 amide bonds. The zero-order valence-electron chi connectivity index (χ0n) is 19.1. The average Bonchev–Trinajstić information content (AvgIpc) is 2.87. The molecule has 198 valence electrons. The second-order valence-electron chi connectivity index (χ2n) is 8.37. The SMILES string of the molecule is O=S(=O)(c1cccc(-c2ccccc2-c2ccc(C(O)(C(F)(F)F)C(F)(F)F)cc2)c1)N1CCOCC1. The number of benzene rings is 3. The molecule has 4 rings (SSSR count). The molecule has 0 unspecified atom stereocenters. The molecule has 3 aromatic rings. The quantitative estimate of drug-likeness (QED) is 0.439. The number of aliphatic hydroxyl groups is 1. The normalized spacial score (nSPS) is 16.1. The molecule has 12 heteroatoms. The van der Waals surface area contributed by atoms with Crippen molar-refractivity contribution in [2.24, 2.45) is 0 Å². The van der Waals surface area contributed by atoms with Crippen molar-refractivity contribution in [2.45, 2.75) is 22.8 Å². The summed E-state index contributed by atoms with van der Waals surface area (Å²) >= 11 is 0. The van der Waals surface area contributed by atoms with E-state index < -0.39 is 33.5 Å². The van der Waals surface area contributed by atoms with Gasteiger partial charge in [-0.3, -0.25) is 0 Å². The van der Waals surface area contributed by atoms with Gasteiger partial charge in [-0.2, -0.15) is 30.6 Å². The fraction of sp³-hybridized carbons (Fsp3) is 0.280. The van der Waals surface area contributed by atoms with Crippen molar-refractivity contribution in [1.29, 1.82) is 0 Å². The Balaban J connectivity index is 1.74. The van der Waals surface area contributed by atoms with Gasteiger partial charge in [-0.1, -0.05) is 60.7 Å². The van der Waals surface area contributed by atoms with E-state index in [9.17, 15) is 39.9 Å². The fourth-order valence-electron chi connectivity index (χ4n) is 4.13. The summed E-state index contributed by atoms with van der Waals surface area (Å²) in [5.41, 5.74) is -4.69. The van der Waals surface area contributed by atoms with E-state index in [1.165, 1.54) is 16.4 Å². The Morgan fingerprint density at radius 2 is 1.27 bits per heavy atom. The van der Waals surface area contributed by atoms with Gasteiger partial charge in [0.1, 0.15) is 0 Å². The van der Waals surface area contributed by atoms with Gasteiger partial charge in [0.15, 0.2) is 0 Å². The Bertz CT molecular complexity index is 1350. The van der Waals surface area contributed by atoms with Crippen LogP contribution in [-0.4, -0.2) is 56.5 Å². The van der Waals surface area contributed by atoms with Gasteiger partial charge in [0, 0.05) is 18.7 Å². The first-order chi connectivity index (χ1) is 17.3. The van der Waals surface area contributed by atoms with Crippen LogP contribution in [0.2, 0.25) is 0 Å². The summed E-state index contributed by atoms with van der Waals surface area (Å²) in [7, 11) is -3.81. The average molecular weight is 546 g/mol. The van der Waals surface area contributed by atoms with E-state index in [0.29, 0.717) is 28.8 Å². The smallest absolute Gasteiger partial charge is 0.379 e. The zero-order chi connectivity index (χ0) is 27.1. The number of sulfonamides is 1. The van der Waals surface area contributed by atoms with Crippen molar-refractivity contribution in [3.05, 3.63) is 78.4 Å². The van der Waals surface area contributed by atoms with Crippen molar-refractivity contribution >= 4 is 10.0 Å². The van der Waals surface area contributed by atoms with Gasteiger partial charge in [0.05, 0.1) is 18.1 Å². The Morgan fingerprint density at radius 1 is 0.730 bits per heavy atom. The Morgan fingerprint density at radius 3 is 1.81 bits per heavy atom. The van der Waals surface area contributed by atoms with Crippen LogP contribution in [0.25, 0.3) is 22.3 Å². The second kappa shape index (κ2) is 9.75. The molecule has 0 aliphatic carbocycles. The summed E-state index contributed by atoms with van der Waals surface area (Å²) in [5, 5.41) is 9.65. The number of nitrogens with zero attached hydrogens (tertiary/aromatic N) is 1. The molecule has 5 nitrogen and oxygen atoms in total. The van der Waals surface area contributed by atoms with Crippen LogP contribution in [0, 0.1) is 0 Å². The van der Waals surface area contributed by atoms with Crippen molar-refractivity contribution in [1.82, 2.24) is 4.31 Å². The highest BCUT2D eigenvalue weighted by molar-refractivity contribution is 7.89. The molecule has 1 aliphatic rings. The van der Waals surface area contributed by atoms with E-state index >= 15 is 0 Å². The number of halogens is 6. The zero-order valence-corrected chi connectivity index (χ0v) is 19.9. The number of alkyl halides is 6. The summed E-state index contributed by atoms with van der Waals surface area (Å²) in [6.07, 6.45) is -12.0. The van der Waals surface area contributed by atoms with Crippen molar-refractivity contribution in [3.8, 4) is 22.3 Å². The minimum Gasteiger partial charge on any atom is -0.379 e. The molecular formula is C25H21F6NO4S. The van der Waals surface area contributed by atoms with Crippen LogP contribution in [0.15, 0.2) is 77.7 Å². The minimum atomic E-state index is -5.99. The molecule has 1 heterocycles. The predicted octanol–water partition coefficient (Wildman–Crippen LogP) is 5.35. The Hall–Kier alpha value is -2.93. The minimum absolute atomic E-state index is 0.0393. The molecule has 0 spiro atoms. The fourth-order valence-corrected chi connectivity index (χ4v) is 5.58. The second-order valence-corrected chi connectivity index (χ2v) is 10.3. The van der Waals surface area contributed by atoms with Gasteiger partial charge in [0.2, 0.25) is 10.0 Å². The lowest BCUT2D eigenvalue weighted by molar-refractivity contribution is -0.376. The maximum atomic E-state index is 13.2. The standard InChI is InChI=1S/C25H21F6NO4S/c26-24(27,28)23(33,25(29,30)31)19-10-8-17(9-11-19)21-6-1-2-7-22(21)18-4-3-5-20(16-18)37(34,35)32-12-14-36-15-13-32/h1-11,16,33H,12-15H2. The van der Waals surface area contributed by atoms with E-state index in [1.807, 2.05) is 0 Å². The highest BCUT2D eigenvalue weighted by Crippen LogP contribution is 2.50. The molecule has 1 N–H and O–H groups in total. The van der Waals surface area contributed by atoms with Crippen LogP contribution in [0.1, 0.15) is 5.56 Å². The Labute approximate surface area is 209 Å². The molecule has 3 aromatic carbocycles. The first-order valence-electron chi connectivity index (χ1n) is 11.0. The maximum Gasteiger partial charge on any atom is 0.430 e. The van der Waals surface area contributed by atoms with Gasteiger partial charge in [-0.15, -0.1) is 0 Å². The number of hydrogen-bond donors (Lipinski definition) is 1. The first kappa shape index (κ1) is 27.1. The summed E-state index contributed by atoms with van der Waals surface area (Å²) in [6.45, 7) is 0.959. The molecule has 37 heavy (non-hydrogen) atoms. The lowest BCUT2D eigenvalue weighted by Gasteiger charge is -2.32. The molecule has 0 aromatic heterocycles. The summed E-state index contributed by atoms with van der Waals surface area (Å²) in [6, 6.07) is 15.9. The maximum absolute atomic E-state index is 13.2. The molecule has 0 atom stereocenters. The highest BCUT2D eigenvalue weighted by atomic mass is 32.2. The van der Waals surface area contributed by atoms with E-state index in [1.54, 1.807) is 36.4 Å². The van der Waals surface area contributed by atoms with Gasteiger partial charge < -0.3 is 9.84 Å². The monoisotopic (exact) mass is 545 g/mol. The van der Waals surface area contributed by atoms with E-state index in [-0.39, 0.29) is 36.8 Å². The number of rotatable bonds is 5. The van der Waals surface area contributed by atoms with Crippen molar-refractivity contribution < 1.29 is 44.6 Å². The van der Waals surface area contributed by atoms with Crippen molar-refractivity contribution in [3.63, 3.8) is 0 Å². The first-order valence-corrected chi connectivity index (χ1v) is 12.4. The lowest BCUT2D eigenvalue weighted by Crippen LogP contribution is -2.53. The van der Waals surface area contributed by atoms with Crippen molar-refractivity contribution in [2.75, 3.05) is 26.3 Å². The third-order valence-corrected chi connectivity index (χ3v) is 8.01. The van der Waals surface area contributed by atoms with Gasteiger partial charge in [-0.25, -0.2) is 8.42 Å². The van der Waals surface area contributed by atoms with E-state index in [4.69, 9.17) is 4.74 Å². The highest BCUT2D eigenvalue weighted by Gasteiger charge is 2.71.